The molecule has 0 bridgehead atoms. The molecule has 7 heteroatoms. The van der Waals surface area contributed by atoms with Gasteiger partial charge in [-0.15, -0.1) is 0 Å². The summed E-state index contributed by atoms with van der Waals surface area (Å²) in [4.78, 5) is 22.3. The smallest absolute Gasteiger partial charge is 0.105 e. The number of allylic oxidation sites excluding steroid dienone is 3. The third-order valence-corrected chi connectivity index (χ3v) is 7.16. The zero-order chi connectivity index (χ0) is 32.0. The van der Waals surface area contributed by atoms with Gasteiger partial charge in [0.25, 0.3) is 0 Å². The van der Waals surface area contributed by atoms with Crippen LogP contribution in [0.15, 0.2) is 145 Å². The van der Waals surface area contributed by atoms with Crippen molar-refractivity contribution >= 4 is 23.2 Å². The van der Waals surface area contributed by atoms with Crippen molar-refractivity contribution in [2.75, 3.05) is 32.1 Å². The summed E-state index contributed by atoms with van der Waals surface area (Å²) >= 11 is 0. The van der Waals surface area contributed by atoms with Crippen molar-refractivity contribution in [2.24, 2.45) is 5.41 Å². The summed E-state index contributed by atoms with van der Waals surface area (Å²) in [6.07, 6.45) is 9.00. The first-order chi connectivity index (χ1) is 21.2. The summed E-state index contributed by atoms with van der Waals surface area (Å²) in [5, 5.41) is 20.2. The van der Waals surface area contributed by atoms with Gasteiger partial charge in [0.15, 0.2) is 0 Å². The van der Waals surface area contributed by atoms with E-state index in [0.29, 0.717) is 0 Å². The van der Waals surface area contributed by atoms with Crippen LogP contribution in [0.3, 0.4) is 0 Å². The zero-order valence-corrected chi connectivity index (χ0v) is 25.2. The fourth-order valence-electron chi connectivity index (χ4n) is 4.43. The third-order valence-electron chi connectivity index (χ3n) is 7.16. The highest BCUT2D eigenvalue weighted by atomic mass is 16.4. The molecule has 0 heterocycles. The predicted molar refractivity (Wildman–Crippen MR) is 171 cm³/mol. The van der Waals surface area contributed by atoms with Gasteiger partial charge in [-0.2, -0.15) is 0 Å². The van der Waals surface area contributed by atoms with Crippen molar-refractivity contribution in [3.63, 3.8) is 0 Å². The van der Waals surface area contributed by atoms with Gasteiger partial charge in [0.2, 0.25) is 0 Å². The quantitative estimate of drug-likeness (QED) is 0.341. The Kier molecular flexibility index (Phi) is 12.4. The van der Waals surface area contributed by atoms with Crippen molar-refractivity contribution < 1.29 is 31.3 Å². The highest BCUT2D eigenvalue weighted by Crippen LogP contribution is 2.33. The second kappa shape index (κ2) is 16.4. The molecule has 0 fully saturated rings. The fourth-order valence-corrected chi connectivity index (χ4v) is 4.43. The van der Waals surface area contributed by atoms with Gasteiger partial charge in [-0.25, -0.2) is 0 Å². The molecule has 0 spiro atoms. The van der Waals surface area contributed by atoms with Crippen molar-refractivity contribution in [1.29, 1.82) is 0 Å². The fraction of sp³-hybridized carbons (Fsp3) is 0.135. The second-order valence-corrected chi connectivity index (χ2v) is 10.3. The lowest BCUT2D eigenvalue weighted by Gasteiger charge is -2.23. The Hall–Kier alpha value is -5.24. The monoisotopic (exact) mass is 589 g/mol. The molecule has 6 N–H and O–H groups in total. The number of hydrogen-bond donors (Lipinski definition) is 2. The third kappa shape index (κ3) is 9.39. The number of carboxylic acids is 2. The van der Waals surface area contributed by atoms with Crippen molar-refractivity contribution in [1.82, 2.24) is 0 Å². The Morgan fingerprint density at radius 3 is 1.27 bits per heavy atom. The van der Waals surface area contributed by atoms with E-state index < -0.39 is 11.9 Å². The lowest BCUT2D eigenvalue weighted by atomic mass is 9.81. The van der Waals surface area contributed by atoms with Gasteiger partial charge in [0, 0.05) is 19.8 Å². The Labute approximate surface area is 259 Å². The molecule has 7 nitrogen and oxygen atoms in total. The topological polar surface area (TPSA) is 139 Å². The first-order valence-corrected chi connectivity index (χ1v) is 14.3. The molecule has 0 aromatic heterocycles. The lowest BCUT2D eigenvalue weighted by Crippen LogP contribution is -2.66. The highest BCUT2D eigenvalue weighted by Gasteiger charge is 2.28. The normalized spacial score (nSPS) is 12.6. The summed E-state index contributed by atoms with van der Waals surface area (Å²) < 4.78 is 0. The molecule has 0 atom stereocenters. The molecule has 0 amide bonds. The zero-order valence-electron chi connectivity index (χ0n) is 25.2. The first-order valence-electron chi connectivity index (χ1n) is 14.3. The number of benzene rings is 4. The van der Waals surface area contributed by atoms with E-state index in [2.05, 4.69) is 109 Å². The summed E-state index contributed by atoms with van der Waals surface area (Å²) in [7, 11) is 4.13. The number of nitrogens with zero attached hydrogens (tertiary/aromatic N) is 1. The van der Waals surface area contributed by atoms with Gasteiger partial charge in [-0.3, -0.25) is 0 Å². The number of rotatable bonds is 7. The Balaban J connectivity index is 0.000000238. The second-order valence-electron chi connectivity index (χ2n) is 10.3. The summed E-state index contributed by atoms with van der Waals surface area (Å²) in [5.74, 6) is -2.26. The minimum absolute atomic E-state index is 0.0138. The first kappa shape index (κ1) is 33.3. The summed E-state index contributed by atoms with van der Waals surface area (Å²) in [6, 6.07) is 35.5. The highest BCUT2D eigenvalue weighted by molar-refractivity contribution is 5.87. The van der Waals surface area contributed by atoms with E-state index in [-0.39, 0.29) is 16.5 Å². The van der Waals surface area contributed by atoms with Gasteiger partial charge in [0.1, 0.15) is 5.41 Å². The molecule has 1 aliphatic carbocycles. The molecule has 0 unspecified atom stereocenters. The largest absolute Gasteiger partial charge is 0.545 e. The molecule has 44 heavy (non-hydrogen) atoms. The van der Waals surface area contributed by atoms with E-state index in [0.717, 1.165) is 13.1 Å². The van der Waals surface area contributed by atoms with Gasteiger partial charge in [-0.1, -0.05) is 127 Å². The van der Waals surface area contributed by atoms with Crippen LogP contribution in [0.5, 0.6) is 0 Å². The van der Waals surface area contributed by atoms with E-state index in [1.807, 2.05) is 0 Å². The van der Waals surface area contributed by atoms with Crippen LogP contribution >= 0.6 is 0 Å². The van der Waals surface area contributed by atoms with E-state index in [1.165, 1.54) is 52.2 Å². The van der Waals surface area contributed by atoms with E-state index in [1.54, 1.807) is 36.4 Å². The van der Waals surface area contributed by atoms with E-state index >= 15 is 0 Å². The van der Waals surface area contributed by atoms with Crippen LogP contribution in [0.2, 0.25) is 0 Å². The molecule has 1 aliphatic rings. The standard InChI is InChI=1S/C23H27N3.2C7H6O2/c1-26(2)21-10-8-19(9-11-21)22(18-6-4-3-5-7-18)20-12-14-23(16-24,17-25)15-13-20;2*8-7(9)6-4-2-1-3-5-6/h3-15H,16-17,24-25H2,1-2H3;2*1-5H,(H,8,9). The van der Waals surface area contributed by atoms with Gasteiger partial charge < -0.3 is 36.2 Å². The van der Waals surface area contributed by atoms with Crippen molar-refractivity contribution in [3.8, 4) is 0 Å². The van der Waals surface area contributed by atoms with Crippen LogP contribution in [0.25, 0.3) is 5.57 Å². The number of carboxylic acid groups (broad SMARTS) is 2. The molecule has 0 radical (unpaired) electrons. The van der Waals surface area contributed by atoms with Crippen LogP contribution in [0.4, 0.5) is 5.69 Å². The van der Waals surface area contributed by atoms with Crippen LogP contribution < -0.4 is 26.6 Å². The number of carbonyl (C=O) groups is 2. The Bertz CT molecular complexity index is 1510. The van der Waals surface area contributed by atoms with Crippen molar-refractivity contribution in [2.45, 2.75) is 0 Å². The summed E-state index contributed by atoms with van der Waals surface area (Å²) in [6.45, 7) is 1.66. The molecular weight excluding hydrogens is 550 g/mol. The molecule has 4 aromatic rings. The minimum Gasteiger partial charge on any atom is -0.545 e. The van der Waals surface area contributed by atoms with E-state index in [4.69, 9.17) is 0 Å². The van der Waals surface area contributed by atoms with Gasteiger partial charge >= 0.3 is 0 Å². The van der Waals surface area contributed by atoms with Gasteiger partial charge in [-0.05, 0) is 45.5 Å². The molecular formula is C37H39N3O4. The van der Waals surface area contributed by atoms with Crippen molar-refractivity contribution in [3.05, 3.63) is 167 Å². The molecule has 4 aromatic carbocycles. The number of aromatic carboxylic acids is 2. The Morgan fingerprint density at radius 2 is 0.955 bits per heavy atom. The van der Waals surface area contributed by atoms with Crippen LogP contribution in [0, 0.1) is 5.41 Å². The maximum atomic E-state index is 10.1. The number of hydrogen-bond acceptors (Lipinski definition) is 5. The number of anilines is 1. The summed E-state index contributed by atoms with van der Waals surface area (Å²) in [5.41, 5.74) is 14.8. The number of carbonyl (C=O) groups excluding carboxylic acids is 2. The Morgan fingerprint density at radius 1 is 0.591 bits per heavy atom. The molecule has 5 rings (SSSR count). The molecule has 226 valence electrons. The van der Waals surface area contributed by atoms with Gasteiger partial charge in [0.05, 0.1) is 25.0 Å². The molecule has 0 aliphatic heterocycles. The predicted octanol–water partition coefficient (Wildman–Crippen LogP) is 2.25. The molecule has 0 saturated carbocycles. The van der Waals surface area contributed by atoms with E-state index in [9.17, 15) is 19.8 Å². The maximum Gasteiger partial charge on any atom is 0.105 e. The molecule has 0 saturated heterocycles. The lowest BCUT2D eigenvalue weighted by molar-refractivity contribution is -0.429. The SMILES string of the molecule is CN(C)c1ccc(C(=C2C=CC(C[NH3+])(C[NH3+])C=C2)c2ccccc2)cc1.O=C([O-])c1ccccc1.O=C([O-])c1ccccc1. The maximum absolute atomic E-state index is 10.1. The average Bonchev–Trinajstić information content (AvgIpc) is 3.07. The number of quaternary nitrogens is 2. The van der Waals surface area contributed by atoms with Crippen LogP contribution in [-0.4, -0.2) is 39.1 Å². The minimum atomic E-state index is -1.13. The average molecular weight is 590 g/mol. The van der Waals surface area contributed by atoms with Crippen LogP contribution in [-0.2, 0) is 0 Å². The van der Waals surface area contributed by atoms with Crippen LogP contribution in [0.1, 0.15) is 31.8 Å².